The second-order valence-corrected chi connectivity index (χ2v) is 8.97. The third kappa shape index (κ3) is 3.49. The molecule has 3 aromatic rings. The van der Waals surface area contributed by atoms with E-state index in [1.54, 1.807) is 34.6 Å². The van der Waals surface area contributed by atoms with Gasteiger partial charge in [0.05, 0.1) is 25.3 Å². The molecule has 1 amide bonds. The van der Waals surface area contributed by atoms with Crippen molar-refractivity contribution in [1.82, 2.24) is 28.8 Å². The van der Waals surface area contributed by atoms with Crippen molar-refractivity contribution in [3.05, 3.63) is 41.7 Å². The van der Waals surface area contributed by atoms with Gasteiger partial charge in [0.25, 0.3) is 11.4 Å². The highest BCUT2D eigenvalue weighted by Crippen LogP contribution is 2.38. The summed E-state index contributed by atoms with van der Waals surface area (Å²) in [5, 5.41) is 7.70. The molecule has 0 aromatic carbocycles. The third-order valence-corrected chi connectivity index (χ3v) is 7.03. The van der Waals surface area contributed by atoms with E-state index >= 15 is 0 Å². The summed E-state index contributed by atoms with van der Waals surface area (Å²) in [5.41, 5.74) is 2.65. The molecule has 2 fully saturated rings. The number of nitrogens with one attached hydrogen (secondary N) is 1. The van der Waals surface area contributed by atoms with E-state index in [0.29, 0.717) is 41.5 Å². The molecule has 0 saturated heterocycles. The van der Waals surface area contributed by atoms with Gasteiger partial charge in [-0.05, 0) is 38.2 Å². The molecule has 2 aliphatic carbocycles. The van der Waals surface area contributed by atoms with Crippen molar-refractivity contribution < 1.29 is 9.53 Å². The fourth-order valence-electron chi connectivity index (χ4n) is 4.73. The summed E-state index contributed by atoms with van der Waals surface area (Å²) in [7, 11) is 5.18. The number of ether oxygens (including phenoxy) is 1. The molecule has 33 heavy (non-hydrogen) atoms. The molecule has 5 rings (SSSR count). The number of aryl methyl sites for hydroxylation is 1. The van der Waals surface area contributed by atoms with E-state index in [0.717, 1.165) is 24.9 Å². The minimum Gasteiger partial charge on any atom is -0.478 e. The van der Waals surface area contributed by atoms with E-state index in [9.17, 15) is 9.59 Å². The monoisotopic (exact) mass is 451 g/mol. The fraction of sp³-hybridized carbons (Fsp3) is 0.478. The van der Waals surface area contributed by atoms with Crippen LogP contribution in [0.5, 0.6) is 5.88 Å². The predicted molar refractivity (Wildman–Crippen MR) is 125 cm³/mol. The lowest BCUT2D eigenvalue weighted by atomic mass is 9.85. The van der Waals surface area contributed by atoms with Crippen molar-refractivity contribution >= 4 is 28.3 Å². The van der Waals surface area contributed by atoms with Crippen molar-refractivity contribution in [2.24, 2.45) is 7.05 Å². The van der Waals surface area contributed by atoms with Gasteiger partial charge in [-0.2, -0.15) is 0 Å². The minimum atomic E-state index is -0.102. The van der Waals surface area contributed by atoms with Gasteiger partial charge in [-0.25, -0.2) is 4.98 Å². The van der Waals surface area contributed by atoms with Crippen LogP contribution in [0, 0.1) is 0 Å². The summed E-state index contributed by atoms with van der Waals surface area (Å²) in [5.74, 6) is 0.366. The molecule has 2 saturated carbocycles. The Labute approximate surface area is 191 Å². The first kappa shape index (κ1) is 21.3. The van der Waals surface area contributed by atoms with E-state index < -0.39 is 0 Å². The predicted octanol–water partition coefficient (Wildman–Crippen LogP) is 2.76. The number of hydrogen-bond acceptors (Lipinski definition) is 6. The Balaban J connectivity index is 1.55. The number of rotatable bonds is 7. The van der Waals surface area contributed by atoms with Crippen LogP contribution in [-0.4, -0.2) is 54.9 Å². The van der Waals surface area contributed by atoms with Crippen molar-refractivity contribution in [3.8, 4) is 5.88 Å². The van der Waals surface area contributed by atoms with E-state index in [-0.39, 0.29) is 23.6 Å². The lowest BCUT2D eigenvalue weighted by Gasteiger charge is -2.41. The van der Waals surface area contributed by atoms with Crippen LogP contribution in [0.4, 0.5) is 11.4 Å². The molecule has 1 N–H and O–H groups in total. The molecule has 0 aliphatic heterocycles. The number of aromatic nitrogens is 5. The van der Waals surface area contributed by atoms with Gasteiger partial charge in [-0.1, -0.05) is 6.58 Å². The summed E-state index contributed by atoms with van der Waals surface area (Å²) in [6, 6.07) is 0.410. The van der Waals surface area contributed by atoms with Gasteiger partial charge < -0.3 is 24.1 Å². The maximum Gasteiger partial charge on any atom is 0.277 e. The quantitative estimate of drug-likeness (QED) is 0.555. The largest absolute Gasteiger partial charge is 0.478 e. The third-order valence-electron chi connectivity index (χ3n) is 7.03. The van der Waals surface area contributed by atoms with Gasteiger partial charge in [-0.15, -0.1) is 5.10 Å². The smallest absolute Gasteiger partial charge is 0.277 e. The molecule has 0 radical (unpaired) electrons. The molecule has 10 heteroatoms. The molecular weight excluding hydrogens is 422 g/mol. The Morgan fingerprint density at radius 3 is 2.64 bits per heavy atom. The number of carbonyl (C=O) groups is 1. The lowest BCUT2D eigenvalue weighted by molar-refractivity contribution is -0.129. The normalized spacial score (nSPS) is 20.2. The van der Waals surface area contributed by atoms with Crippen LogP contribution in [-0.2, 0) is 11.8 Å². The molecule has 0 unspecified atom stereocenters. The van der Waals surface area contributed by atoms with Crippen LogP contribution >= 0.6 is 0 Å². The van der Waals surface area contributed by atoms with Crippen molar-refractivity contribution in [2.45, 2.75) is 50.2 Å². The fourth-order valence-corrected chi connectivity index (χ4v) is 4.73. The summed E-state index contributed by atoms with van der Waals surface area (Å²) in [6.45, 7) is 3.57. The SMILES string of the molecule is C=CC(=O)N(C)C1CC(n2cc(Nc3cn(C)nc3OC)c3ncn(C4CCC4)c3c2=O)C1. The maximum atomic E-state index is 13.6. The molecule has 0 spiro atoms. The van der Waals surface area contributed by atoms with E-state index in [4.69, 9.17) is 4.74 Å². The van der Waals surface area contributed by atoms with Crippen molar-refractivity contribution in [2.75, 3.05) is 19.5 Å². The average molecular weight is 452 g/mol. The van der Waals surface area contributed by atoms with E-state index in [1.807, 2.05) is 24.0 Å². The summed E-state index contributed by atoms with van der Waals surface area (Å²) < 4.78 is 10.9. The molecular formula is C23H29N7O3. The first-order valence-electron chi connectivity index (χ1n) is 11.3. The highest BCUT2D eigenvalue weighted by molar-refractivity contribution is 5.90. The Hall–Kier alpha value is -3.56. The zero-order valence-corrected chi connectivity index (χ0v) is 19.2. The summed E-state index contributed by atoms with van der Waals surface area (Å²) >= 11 is 0. The number of carbonyl (C=O) groups excluding carboxylic acids is 1. The molecule has 0 atom stereocenters. The maximum absolute atomic E-state index is 13.6. The Morgan fingerprint density at radius 2 is 2.00 bits per heavy atom. The second kappa shape index (κ2) is 8.09. The van der Waals surface area contributed by atoms with Gasteiger partial charge >= 0.3 is 0 Å². The second-order valence-electron chi connectivity index (χ2n) is 8.97. The van der Waals surface area contributed by atoms with Gasteiger partial charge in [0.15, 0.2) is 0 Å². The topological polar surface area (TPSA) is 99.2 Å². The Kier molecular flexibility index (Phi) is 5.22. The van der Waals surface area contributed by atoms with Crippen LogP contribution < -0.4 is 15.6 Å². The van der Waals surface area contributed by atoms with Gasteiger partial charge in [0.2, 0.25) is 5.91 Å². The number of hydrogen-bond donors (Lipinski definition) is 1. The molecule has 3 heterocycles. The zero-order chi connectivity index (χ0) is 23.3. The van der Waals surface area contributed by atoms with Crippen molar-refractivity contribution in [3.63, 3.8) is 0 Å². The minimum absolute atomic E-state index is 0.00745. The number of amides is 1. The highest BCUT2D eigenvalue weighted by atomic mass is 16.5. The molecule has 10 nitrogen and oxygen atoms in total. The first-order chi connectivity index (χ1) is 15.9. The number of methoxy groups -OCH3 is 1. The van der Waals surface area contributed by atoms with Crippen molar-refractivity contribution in [1.29, 1.82) is 0 Å². The molecule has 2 aliphatic rings. The van der Waals surface area contributed by atoms with Crippen LogP contribution in [0.15, 0.2) is 36.2 Å². The molecule has 174 valence electrons. The summed E-state index contributed by atoms with van der Waals surface area (Å²) in [6.07, 6.45) is 11.5. The standard InChI is InChI=1S/C23H29N7O3/c1-5-19(31)28(3)15-9-16(10-15)29-12-17(25-18-11-27(2)26-22(18)33-4)20-21(23(29)32)30(13-24-20)14-7-6-8-14/h5,11-16,25H,1,6-10H2,2-4H3. The van der Waals surface area contributed by atoms with E-state index in [2.05, 4.69) is 22.0 Å². The van der Waals surface area contributed by atoms with Crippen LogP contribution in [0.25, 0.3) is 11.0 Å². The number of fused-ring (bicyclic) bond motifs is 1. The number of pyridine rings is 1. The summed E-state index contributed by atoms with van der Waals surface area (Å²) in [4.78, 5) is 31.9. The van der Waals surface area contributed by atoms with Crippen LogP contribution in [0.1, 0.15) is 44.2 Å². The average Bonchev–Trinajstić information content (AvgIpc) is 3.31. The molecule has 3 aromatic heterocycles. The highest BCUT2D eigenvalue weighted by Gasteiger charge is 2.36. The number of likely N-dealkylation sites (N-methyl/N-ethyl adjacent to an activating group) is 1. The number of nitrogens with zero attached hydrogens (tertiary/aromatic N) is 6. The van der Waals surface area contributed by atoms with Crippen LogP contribution in [0.2, 0.25) is 0 Å². The van der Waals surface area contributed by atoms with Gasteiger partial charge in [0.1, 0.15) is 16.7 Å². The van der Waals surface area contributed by atoms with E-state index in [1.165, 1.54) is 6.08 Å². The van der Waals surface area contributed by atoms with Gasteiger partial charge in [-0.3, -0.25) is 14.3 Å². The zero-order valence-electron chi connectivity index (χ0n) is 19.2. The lowest BCUT2D eigenvalue weighted by Crippen LogP contribution is -2.47. The Bertz CT molecular complexity index is 1280. The molecule has 0 bridgehead atoms. The van der Waals surface area contributed by atoms with Crippen LogP contribution in [0.3, 0.4) is 0 Å². The number of anilines is 2. The number of imidazole rings is 1. The Morgan fingerprint density at radius 1 is 1.24 bits per heavy atom. The van der Waals surface area contributed by atoms with Gasteiger partial charge in [0, 0.05) is 38.4 Å². The first-order valence-corrected chi connectivity index (χ1v) is 11.3.